The first-order valence-electron chi connectivity index (χ1n) is 7.41. The number of para-hydroxylation sites is 1. The maximum absolute atomic E-state index is 12.7. The third-order valence-corrected chi connectivity index (χ3v) is 3.98. The van der Waals surface area contributed by atoms with E-state index >= 15 is 0 Å². The molecule has 0 aliphatic carbocycles. The minimum Gasteiger partial charge on any atom is -0.496 e. The number of hydrogen-bond acceptors (Lipinski definition) is 3. The van der Waals surface area contributed by atoms with Crippen LogP contribution in [0.15, 0.2) is 30.5 Å². The molecule has 3 rings (SSSR count). The Labute approximate surface area is 136 Å². The molecule has 0 saturated heterocycles. The Bertz CT molecular complexity index is 755. The van der Waals surface area contributed by atoms with Gasteiger partial charge in [-0.2, -0.15) is 13.2 Å². The van der Waals surface area contributed by atoms with Crippen molar-refractivity contribution in [2.24, 2.45) is 0 Å². The molecule has 0 N–H and O–H groups in total. The summed E-state index contributed by atoms with van der Waals surface area (Å²) in [4.78, 5) is 17.6. The van der Waals surface area contributed by atoms with E-state index in [2.05, 4.69) is 4.98 Å². The van der Waals surface area contributed by atoms with Gasteiger partial charge in [0.2, 0.25) is 5.91 Å². The minimum atomic E-state index is -4.48. The summed E-state index contributed by atoms with van der Waals surface area (Å²) in [6.45, 7) is 0.731. The van der Waals surface area contributed by atoms with E-state index in [1.165, 1.54) is 16.6 Å². The van der Waals surface area contributed by atoms with Crippen LogP contribution in [-0.4, -0.2) is 34.0 Å². The first kappa shape index (κ1) is 16.4. The zero-order valence-corrected chi connectivity index (χ0v) is 13.0. The van der Waals surface area contributed by atoms with Crippen LogP contribution in [0.25, 0.3) is 0 Å². The highest BCUT2D eigenvalue weighted by molar-refractivity contribution is 5.79. The summed E-state index contributed by atoms with van der Waals surface area (Å²) in [6.07, 6.45) is -3.34. The Morgan fingerprint density at radius 3 is 2.75 bits per heavy atom. The van der Waals surface area contributed by atoms with Crippen LogP contribution in [0, 0.1) is 0 Å². The first-order chi connectivity index (χ1) is 11.4. The van der Waals surface area contributed by atoms with Crippen molar-refractivity contribution >= 4 is 5.91 Å². The first-order valence-corrected chi connectivity index (χ1v) is 7.41. The van der Waals surface area contributed by atoms with E-state index in [1.54, 1.807) is 12.1 Å². The second-order valence-corrected chi connectivity index (χ2v) is 5.54. The molecule has 2 heterocycles. The van der Waals surface area contributed by atoms with E-state index in [1.807, 2.05) is 12.1 Å². The van der Waals surface area contributed by atoms with E-state index in [4.69, 9.17) is 4.74 Å². The molecule has 1 aliphatic rings. The minimum absolute atomic E-state index is 0.0735. The Kier molecular flexibility index (Phi) is 4.21. The number of amides is 1. The van der Waals surface area contributed by atoms with Crippen molar-refractivity contribution in [3.05, 3.63) is 47.5 Å². The largest absolute Gasteiger partial charge is 0.496 e. The lowest BCUT2D eigenvalue weighted by Gasteiger charge is -2.27. The topological polar surface area (TPSA) is 47.4 Å². The number of imidazole rings is 1. The molecule has 0 saturated carbocycles. The zero-order valence-electron chi connectivity index (χ0n) is 13.0. The third kappa shape index (κ3) is 3.22. The predicted molar refractivity (Wildman–Crippen MR) is 79.3 cm³/mol. The van der Waals surface area contributed by atoms with E-state index in [9.17, 15) is 18.0 Å². The average Bonchev–Trinajstić information content (AvgIpc) is 2.98. The van der Waals surface area contributed by atoms with Crippen LogP contribution in [0.3, 0.4) is 0 Å². The van der Waals surface area contributed by atoms with Gasteiger partial charge in [-0.25, -0.2) is 4.98 Å². The summed E-state index contributed by atoms with van der Waals surface area (Å²) in [5.74, 6) is 0.702. The van der Waals surface area contributed by atoms with Gasteiger partial charge in [-0.1, -0.05) is 18.2 Å². The van der Waals surface area contributed by atoms with Gasteiger partial charge in [0, 0.05) is 24.8 Å². The molecule has 0 atom stereocenters. The molecule has 0 fully saturated rings. The quantitative estimate of drug-likeness (QED) is 0.863. The monoisotopic (exact) mass is 339 g/mol. The molecule has 0 unspecified atom stereocenters. The van der Waals surface area contributed by atoms with Crippen molar-refractivity contribution in [2.75, 3.05) is 13.7 Å². The van der Waals surface area contributed by atoms with Gasteiger partial charge in [0.25, 0.3) is 0 Å². The average molecular weight is 339 g/mol. The number of carbonyl (C=O) groups excluding carboxylic acids is 1. The number of aromatic nitrogens is 2. The van der Waals surface area contributed by atoms with Gasteiger partial charge in [-0.3, -0.25) is 4.79 Å². The molecule has 24 heavy (non-hydrogen) atoms. The van der Waals surface area contributed by atoms with Crippen LogP contribution in [0.2, 0.25) is 0 Å². The predicted octanol–water partition coefficient (Wildman–Crippen LogP) is 2.50. The normalized spacial score (nSPS) is 14.4. The fraction of sp³-hybridized carbons (Fsp3) is 0.375. The summed E-state index contributed by atoms with van der Waals surface area (Å²) < 4.78 is 44.9. The smallest absolute Gasteiger partial charge is 0.434 e. The highest BCUT2D eigenvalue weighted by Crippen LogP contribution is 2.29. The summed E-state index contributed by atoms with van der Waals surface area (Å²) in [5.41, 5.74) is -0.175. The molecular weight excluding hydrogens is 323 g/mol. The summed E-state index contributed by atoms with van der Waals surface area (Å²) in [7, 11) is 1.53. The molecule has 8 heteroatoms. The van der Waals surface area contributed by atoms with E-state index < -0.39 is 11.9 Å². The standard InChI is InChI=1S/C16H16F3N3O2/c1-24-12-5-3-2-4-11(12)8-15(23)22-7-6-21-9-13(16(17,18)19)20-14(21)10-22/h2-5,9H,6-8,10H2,1H3. The van der Waals surface area contributed by atoms with Gasteiger partial charge >= 0.3 is 6.18 Å². The number of alkyl halides is 3. The summed E-state index contributed by atoms with van der Waals surface area (Å²) in [6, 6.07) is 7.18. The molecule has 5 nitrogen and oxygen atoms in total. The third-order valence-electron chi connectivity index (χ3n) is 3.98. The van der Waals surface area contributed by atoms with Crippen LogP contribution in [0.4, 0.5) is 13.2 Å². The number of hydrogen-bond donors (Lipinski definition) is 0. The second kappa shape index (κ2) is 6.18. The molecule has 1 amide bonds. The van der Waals surface area contributed by atoms with Gasteiger partial charge in [-0.05, 0) is 6.07 Å². The van der Waals surface area contributed by atoms with Gasteiger partial charge in [0.1, 0.15) is 11.6 Å². The summed E-state index contributed by atoms with van der Waals surface area (Å²) >= 11 is 0. The van der Waals surface area contributed by atoms with Crippen molar-refractivity contribution < 1.29 is 22.7 Å². The highest BCUT2D eigenvalue weighted by atomic mass is 19.4. The Morgan fingerprint density at radius 2 is 2.04 bits per heavy atom. The van der Waals surface area contributed by atoms with E-state index in [0.717, 1.165) is 11.8 Å². The molecule has 0 spiro atoms. The van der Waals surface area contributed by atoms with Crippen molar-refractivity contribution in [1.82, 2.24) is 14.5 Å². The second-order valence-electron chi connectivity index (χ2n) is 5.54. The molecule has 128 valence electrons. The zero-order chi connectivity index (χ0) is 17.3. The summed E-state index contributed by atoms with van der Waals surface area (Å²) in [5, 5.41) is 0. The fourth-order valence-electron chi connectivity index (χ4n) is 2.73. The molecule has 1 aliphatic heterocycles. The van der Waals surface area contributed by atoms with Gasteiger partial charge < -0.3 is 14.2 Å². The van der Waals surface area contributed by atoms with Gasteiger partial charge in [-0.15, -0.1) is 0 Å². The van der Waals surface area contributed by atoms with Crippen LogP contribution < -0.4 is 4.74 Å². The molecule has 2 aromatic rings. The fourth-order valence-corrected chi connectivity index (χ4v) is 2.73. The maximum Gasteiger partial charge on any atom is 0.434 e. The van der Waals surface area contributed by atoms with Gasteiger partial charge in [0.15, 0.2) is 5.69 Å². The lowest BCUT2D eigenvalue weighted by Crippen LogP contribution is -2.39. The van der Waals surface area contributed by atoms with Crippen LogP contribution in [0.1, 0.15) is 17.1 Å². The van der Waals surface area contributed by atoms with Crippen molar-refractivity contribution in [3.63, 3.8) is 0 Å². The van der Waals surface area contributed by atoms with Gasteiger partial charge in [0.05, 0.1) is 20.1 Å². The Morgan fingerprint density at radius 1 is 1.29 bits per heavy atom. The number of fused-ring (bicyclic) bond motifs is 1. The SMILES string of the molecule is COc1ccccc1CC(=O)N1CCn2cc(C(F)(F)F)nc2C1. The van der Waals surface area contributed by atoms with Crippen LogP contribution >= 0.6 is 0 Å². The number of halogens is 3. The number of rotatable bonds is 3. The number of methoxy groups -OCH3 is 1. The number of nitrogens with zero attached hydrogens (tertiary/aromatic N) is 3. The number of benzene rings is 1. The lowest BCUT2D eigenvalue weighted by atomic mass is 10.1. The molecular formula is C16H16F3N3O2. The highest BCUT2D eigenvalue weighted by Gasteiger charge is 2.36. The maximum atomic E-state index is 12.7. The van der Waals surface area contributed by atoms with Crippen molar-refractivity contribution in [3.8, 4) is 5.75 Å². The van der Waals surface area contributed by atoms with E-state index in [-0.39, 0.29) is 24.7 Å². The van der Waals surface area contributed by atoms with Crippen LogP contribution in [0.5, 0.6) is 5.75 Å². The van der Waals surface area contributed by atoms with E-state index in [0.29, 0.717) is 18.8 Å². The Balaban J connectivity index is 1.73. The van der Waals surface area contributed by atoms with Crippen molar-refractivity contribution in [1.29, 1.82) is 0 Å². The molecule has 1 aromatic heterocycles. The molecule has 0 bridgehead atoms. The van der Waals surface area contributed by atoms with Crippen LogP contribution in [-0.2, 0) is 30.5 Å². The molecule has 1 aromatic carbocycles. The Hall–Kier alpha value is -2.51. The van der Waals surface area contributed by atoms with Crippen molar-refractivity contribution in [2.45, 2.75) is 25.7 Å². The molecule has 0 radical (unpaired) electrons. The number of ether oxygens (including phenoxy) is 1. The lowest BCUT2D eigenvalue weighted by molar-refractivity contribution is -0.141. The number of carbonyl (C=O) groups is 1.